The highest BCUT2D eigenvalue weighted by atomic mass is 16.1. The molecular weight excluding hydrogens is 188 g/mol. The smallest absolute Gasteiger partial charge is 0.221 e. The molecule has 15 heavy (non-hydrogen) atoms. The Balaban J connectivity index is 2.07. The molecule has 0 fully saturated rings. The van der Waals surface area contributed by atoms with Gasteiger partial charge in [-0.05, 0) is 33.1 Å². The maximum atomic E-state index is 11.3. The minimum atomic E-state index is 0.136. The summed E-state index contributed by atoms with van der Waals surface area (Å²) in [4.78, 5) is 11.3. The van der Waals surface area contributed by atoms with Crippen molar-refractivity contribution >= 4 is 5.91 Å². The van der Waals surface area contributed by atoms with E-state index in [1.165, 1.54) is 19.3 Å². The molecule has 0 aromatic rings. The fraction of sp³-hybridized carbons (Fsp3) is 0.750. The average Bonchev–Trinajstić information content (AvgIpc) is 2.18. The summed E-state index contributed by atoms with van der Waals surface area (Å²) in [5, 5.41) is 6.26. The Morgan fingerprint density at radius 1 is 1.53 bits per heavy atom. The van der Waals surface area contributed by atoms with E-state index in [1.54, 1.807) is 0 Å². The summed E-state index contributed by atoms with van der Waals surface area (Å²) >= 11 is 0. The van der Waals surface area contributed by atoms with Gasteiger partial charge in [-0.1, -0.05) is 12.2 Å². The lowest BCUT2D eigenvalue weighted by Crippen LogP contribution is -2.35. The summed E-state index contributed by atoms with van der Waals surface area (Å²) in [7, 11) is 0. The highest BCUT2D eigenvalue weighted by Gasteiger charge is 2.08. The SMILES string of the molecule is CC(C)NC(=O)CCNC1C=CCCC1. The molecule has 1 unspecified atom stereocenters. The normalized spacial score (nSPS) is 20.6. The molecule has 86 valence electrons. The van der Waals surface area contributed by atoms with Crippen LogP contribution in [0.4, 0.5) is 0 Å². The molecule has 0 saturated heterocycles. The first-order valence-electron chi connectivity index (χ1n) is 5.88. The summed E-state index contributed by atoms with van der Waals surface area (Å²) in [5.41, 5.74) is 0. The Labute approximate surface area is 92.3 Å². The standard InChI is InChI=1S/C12H22N2O/c1-10(2)14-12(15)8-9-13-11-6-4-3-5-7-11/h4,6,10-11,13H,3,5,7-9H2,1-2H3,(H,14,15). The number of rotatable bonds is 5. The molecular formula is C12H22N2O. The van der Waals surface area contributed by atoms with Crippen molar-refractivity contribution in [3.63, 3.8) is 0 Å². The van der Waals surface area contributed by atoms with Crippen LogP contribution in [0.25, 0.3) is 0 Å². The zero-order valence-electron chi connectivity index (χ0n) is 9.75. The summed E-state index contributed by atoms with van der Waals surface area (Å²) in [6, 6.07) is 0.720. The van der Waals surface area contributed by atoms with Gasteiger partial charge in [-0.2, -0.15) is 0 Å². The van der Waals surface area contributed by atoms with Gasteiger partial charge in [0.05, 0.1) is 0 Å². The number of carbonyl (C=O) groups excluding carboxylic acids is 1. The van der Waals surface area contributed by atoms with Gasteiger partial charge in [-0.25, -0.2) is 0 Å². The van der Waals surface area contributed by atoms with Crippen LogP contribution >= 0.6 is 0 Å². The van der Waals surface area contributed by atoms with Crippen LogP contribution in [0.2, 0.25) is 0 Å². The molecule has 1 amide bonds. The first-order valence-corrected chi connectivity index (χ1v) is 5.88. The first-order chi connectivity index (χ1) is 7.18. The second-order valence-electron chi connectivity index (χ2n) is 4.39. The van der Waals surface area contributed by atoms with Crippen molar-refractivity contribution in [2.75, 3.05) is 6.54 Å². The second-order valence-corrected chi connectivity index (χ2v) is 4.39. The van der Waals surface area contributed by atoms with Crippen molar-refractivity contribution in [2.45, 2.75) is 51.6 Å². The van der Waals surface area contributed by atoms with Crippen LogP contribution in [0.3, 0.4) is 0 Å². The van der Waals surface area contributed by atoms with Crippen LogP contribution in [0.15, 0.2) is 12.2 Å². The molecule has 1 aliphatic carbocycles. The number of amides is 1. The third-order valence-corrected chi connectivity index (χ3v) is 2.46. The van der Waals surface area contributed by atoms with Crippen LogP contribution in [0.1, 0.15) is 39.5 Å². The van der Waals surface area contributed by atoms with E-state index in [1.807, 2.05) is 13.8 Å². The molecule has 0 saturated carbocycles. The van der Waals surface area contributed by atoms with Gasteiger partial charge >= 0.3 is 0 Å². The van der Waals surface area contributed by atoms with E-state index < -0.39 is 0 Å². The third-order valence-electron chi connectivity index (χ3n) is 2.46. The zero-order valence-corrected chi connectivity index (χ0v) is 9.75. The van der Waals surface area contributed by atoms with E-state index in [4.69, 9.17) is 0 Å². The third kappa shape index (κ3) is 5.57. The molecule has 1 atom stereocenters. The van der Waals surface area contributed by atoms with E-state index in [2.05, 4.69) is 22.8 Å². The van der Waals surface area contributed by atoms with Gasteiger partial charge in [0.15, 0.2) is 0 Å². The summed E-state index contributed by atoms with van der Waals surface area (Å²) < 4.78 is 0. The molecule has 0 spiro atoms. The molecule has 0 aromatic carbocycles. The summed E-state index contributed by atoms with van der Waals surface area (Å²) in [6.07, 6.45) is 8.66. The van der Waals surface area contributed by atoms with Gasteiger partial charge in [0.1, 0.15) is 0 Å². The van der Waals surface area contributed by atoms with Gasteiger partial charge < -0.3 is 10.6 Å². The van der Waals surface area contributed by atoms with Crippen molar-refractivity contribution < 1.29 is 4.79 Å². The highest BCUT2D eigenvalue weighted by molar-refractivity contribution is 5.76. The quantitative estimate of drug-likeness (QED) is 0.677. The van der Waals surface area contributed by atoms with Crippen molar-refractivity contribution in [3.05, 3.63) is 12.2 Å². The molecule has 1 rings (SSSR count). The van der Waals surface area contributed by atoms with Crippen molar-refractivity contribution in [1.82, 2.24) is 10.6 Å². The maximum Gasteiger partial charge on any atom is 0.221 e. The van der Waals surface area contributed by atoms with Crippen LogP contribution in [-0.2, 0) is 4.79 Å². The molecule has 0 aromatic heterocycles. The molecule has 3 nitrogen and oxygen atoms in total. The zero-order chi connectivity index (χ0) is 11.1. The number of nitrogens with one attached hydrogen (secondary N) is 2. The maximum absolute atomic E-state index is 11.3. The molecule has 0 radical (unpaired) electrons. The number of hydrogen-bond donors (Lipinski definition) is 2. The molecule has 2 N–H and O–H groups in total. The molecule has 0 aliphatic heterocycles. The van der Waals surface area contributed by atoms with Gasteiger partial charge in [0.25, 0.3) is 0 Å². The Kier molecular flexibility index (Phi) is 5.40. The van der Waals surface area contributed by atoms with Gasteiger partial charge in [-0.3, -0.25) is 4.79 Å². The number of allylic oxidation sites excluding steroid dienone is 1. The highest BCUT2D eigenvalue weighted by Crippen LogP contribution is 2.09. The molecule has 0 bridgehead atoms. The van der Waals surface area contributed by atoms with E-state index in [0.29, 0.717) is 12.5 Å². The van der Waals surface area contributed by atoms with Crippen molar-refractivity contribution in [1.29, 1.82) is 0 Å². The lowest BCUT2D eigenvalue weighted by atomic mass is 10.0. The monoisotopic (exact) mass is 210 g/mol. The van der Waals surface area contributed by atoms with Gasteiger partial charge in [-0.15, -0.1) is 0 Å². The van der Waals surface area contributed by atoms with E-state index >= 15 is 0 Å². The minimum absolute atomic E-state index is 0.136. The Morgan fingerprint density at radius 3 is 2.93 bits per heavy atom. The Morgan fingerprint density at radius 2 is 2.33 bits per heavy atom. The summed E-state index contributed by atoms with van der Waals surface area (Å²) in [6.45, 7) is 4.73. The van der Waals surface area contributed by atoms with Crippen LogP contribution < -0.4 is 10.6 Å². The second kappa shape index (κ2) is 6.62. The average molecular weight is 210 g/mol. The van der Waals surface area contributed by atoms with Crippen LogP contribution in [-0.4, -0.2) is 24.5 Å². The van der Waals surface area contributed by atoms with E-state index in [-0.39, 0.29) is 11.9 Å². The van der Waals surface area contributed by atoms with Crippen molar-refractivity contribution in [2.24, 2.45) is 0 Å². The van der Waals surface area contributed by atoms with Crippen molar-refractivity contribution in [3.8, 4) is 0 Å². The number of hydrogen-bond acceptors (Lipinski definition) is 2. The lowest BCUT2D eigenvalue weighted by molar-refractivity contribution is -0.121. The van der Waals surface area contributed by atoms with Gasteiger partial charge in [0.2, 0.25) is 5.91 Å². The van der Waals surface area contributed by atoms with Crippen LogP contribution in [0.5, 0.6) is 0 Å². The number of carbonyl (C=O) groups is 1. The first kappa shape index (κ1) is 12.2. The Bertz CT molecular complexity index is 224. The predicted octanol–water partition coefficient (Wildman–Crippen LogP) is 1.60. The predicted molar refractivity (Wildman–Crippen MR) is 62.7 cm³/mol. The fourth-order valence-electron chi connectivity index (χ4n) is 1.75. The topological polar surface area (TPSA) is 41.1 Å². The largest absolute Gasteiger partial charge is 0.354 e. The van der Waals surface area contributed by atoms with E-state index in [0.717, 1.165) is 6.54 Å². The van der Waals surface area contributed by atoms with Crippen LogP contribution in [0, 0.1) is 0 Å². The molecule has 3 heteroatoms. The fourth-order valence-corrected chi connectivity index (χ4v) is 1.75. The molecule has 0 heterocycles. The van der Waals surface area contributed by atoms with E-state index in [9.17, 15) is 4.79 Å². The molecule has 1 aliphatic rings. The minimum Gasteiger partial charge on any atom is -0.354 e. The van der Waals surface area contributed by atoms with Gasteiger partial charge in [0, 0.05) is 25.0 Å². The summed E-state index contributed by atoms with van der Waals surface area (Å²) in [5.74, 6) is 0.136. The lowest BCUT2D eigenvalue weighted by Gasteiger charge is -2.17. The Hall–Kier alpha value is -0.830.